The molecule has 0 saturated heterocycles. The van der Waals surface area contributed by atoms with Gasteiger partial charge in [-0.25, -0.2) is 22.6 Å². The number of anilines is 2. The lowest BCUT2D eigenvalue weighted by molar-refractivity contribution is -0.275. The van der Waals surface area contributed by atoms with Gasteiger partial charge in [-0.3, -0.25) is 14.2 Å². The first-order valence-electron chi connectivity index (χ1n) is 21.0. The number of pyridine rings is 2. The van der Waals surface area contributed by atoms with Crippen LogP contribution in [0.4, 0.5) is 47.0 Å². The number of carboxylic acids is 1. The summed E-state index contributed by atoms with van der Waals surface area (Å²) in [4.78, 5) is 32.7. The monoisotopic (exact) mass is 1020 g/mol. The van der Waals surface area contributed by atoms with Gasteiger partial charge in [0, 0.05) is 67.0 Å². The standard InChI is InChI=1S/C23H17F4N7O2.C15H12N6O2.C8H7F4NO/c1-33-19-8-13(21(35)29-10-14-6-15(2-3-18(14)24)36-23(25,26)27)7-16(17(19)11-30-33)12-4-5-34-20(9-12)31-22(28)32-34;1-20-12-5-9(14(22)23)4-10(11(12)7-17-20)8-2-3-21-13(6-8)18-15(16)19-21;9-7-2-1-6(3-5(7)4-13)14-8(10,11)12/h2-9,11H,10H2,1H3,(H2,28,32)(H,29,35);2-7H,1H3,(H2,16,19)(H,22,23);1-3H,4,13H2. The van der Waals surface area contributed by atoms with Gasteiger partial charge in [-0.1, -0.05) is 0 Å². The van der Waals surface area contributed by atoms with Crippen LogP contribution in [0.2, 0.25) is 0 Å². The maximum atomic E-state index is 14.2. The van der Waals surface area contributed by atoms with E-state index in [0.717, 1.165) is 69.4 Å². The molecule has 0 spiro atoms. The number of aromatic carboxylic acids is 1. The maximum Gasteiger partial charge on any atom is 0.573 e. The van der Waals surface area contributed by atoms with Crippen LogP contribution in [0.25, 0.3) is 55.4 Å². The van der Waals surface area contributed by atoms with Crippen molar-refractivity contribution in [3.8, 4) is 33.8 Å². The molecule has 6 heterocycles. The highest BCUT2D eigenvalue weighted by Gasteiger charge is 2.32. The molecule has 0 aliphatic heterocycles. The molecule has 19 nitrogen and oxygen atoms in total. The zero-order chi connectivity index (χ0) is 52.5. The molecule has 10 aromatic rings. The second-order valence-corrected chi connectivity index (χ2v) is 15.6. The van der Waals surface area contributed by atoms with E-state index in [0.29, 0.717) is 22.4 Å². The third-order valence-corrected chi connectivity index (χ3v) is 10.7. The van der Waals surface area contributed by atoms with Crippen LogP contribution in [-0.2, 0) is 27.2 Å². The van der Waals surface area contributed by atoms with Gasteiger partial charge in [0.15, 0.2) is 11.3 Å². The summed E-state index contributed by atoms with van der Waals surface area (Å²) >= 11 is 0. The quantitative estimate of drug-likeness (QED) is 0.0874. The number of hydrogen-bond donors (Lipinski definition) is 5. The lowest BCUT2D eigenvalue weighted by Crippen LogP contribution is -2.24. The molecule has 0 bridgehead atoms. The highest BCUT2D eigenvalue weighted by Crippen LogP contribution is 2.33. The summed E-state index contributed by atoms with van der Waals surface area (Å²) in [5.41, 5.74) is 22.2. The number of nitrogen functional groups attached to an aromatic ring is 2. The van der Waals surface area contributed by atoms with Gasteiger partial charge in [-0.05, 0) is 107 Å². The number of halogens is 8. The number of benzene rings is 4. The number of ether oxygens (including phenoxy) is 2. The van der Waals surface area contributed by atoms with Crippen molar-refractivity contribution in [2.75, 3.05) is 11.5 Å². The molecule has 0 aliphatic rings. The SMILES string of the molecule is Cn1ncc2c(-c3ccn4nc(N)nc4c3)cc(C(=O)NCc3cc(OC(F)(F)F)ccc3F)cc21.Cn1ncc2c(-c3ccn4nc(N)nc4c3)cc(C(=O)O)cc21.NCc1cc(OC(F)(F)F)ccc1F. The predicted octanol–water partition coefficient (Wildman–Crippen LogP) is 7.58. The number of nitrogens with two attached hydrogens (primary N) is 3. The summed E-state index contributed by atoms with van der Waals surface area (Å²) < 4.78 is 113. The zero-order valence-corrected chi connectivity index (χ0v) is 37.6. The van der Waals surface area contributed by atoms with Gasteiger partial charge >= 0.3 is 18.7 Å². The normalized spacial score (nSPS) is 11.6. The molecule has 1 amide bonds. The van der Waals surface area contributed by atoms with E-state index in [1.807, 2.05) is 12.1 Å². The molecule has 6 aromatic heterocycles. The van der Waals surface area contributed by atoms with E-state index in [9.17, 15) is 49.8 Å². The van der Waals surface area contributed by atoms with Crippen molar-refractivity contribution in [3.05, 3.63) is 144 Å². The Morgan fingerprint density at radius 2 is 1.10 bits per heavy atom. The van der Waals surface area contributed by atoms with E-state index in [4.69, 9.17) is 17.2 Å². The fraction of sp³-hybridized carbons (Fsp3) is 0.130. The largest absolute Gasteiger partial charge is 0.573 e. The Morgan fingerprint density at radius 1 is 0.644 bits per heavy atom. The van der Waals surface area contributed by atoms with E-state index in [1.54, 1.807) is 89.2 Å². The lowest BCUT2D eigenvalue weighted by atomic mass is 9.99. The number of hydrogen-bond acceptors (Lipinski definition) is 13. The van der Waals surface area contributed by atoms with E-state index in [-0.39, 0.29) is 47.2 Å². The van der Waals surface area contributed by atoms with Gasteiger partial charge in [-0.15, -0.1) is 36.5 Å². The lowest BCUT2D eigenvalue weighted by Gasteiger charge is -2.12. The fourth-order valence-corrected chi connectivity index (χ4v) is 7.43. The van der Waals surface area contributed by atoms with Gasteiger partial charge in [0.25, 0.3) is 5.91 Å². The molecule has 10 rings (SSSR count). The molecule has 4 aromatic carbocycles. The molecule has 376 valence electrons. The minimum absolute atomic E-state index is 0.0215. The van der Waals surface area contributed by atoms with Crippen molar-refractivity contribution in [2.24, 2.45) is 19.8 Å². The molecule has 0 atom stereocenters. The minimum Gasteiger partial charge on any atom is -0.478 e. The summed E-state index contributed by atoms with van der Waals surface area (Å²) in [7, 11) is 3.50. The molecule has 8 N–H and O–H groups in total. The number of alkyl halides is 6. The summed E-state index contributed by atoms with van der Waals surface area (Å²) in [5.74, 6) is -3.74. The molecule has 0 radical (unpaired) electrons. The van der Waals surface area contributed by atoms with Crippen LogP contribution in [-0.4, -0.2) is 78.5 Å². The third-order valence-electron chi connectivity index (χ3n) is 10.7. The van der Waals surface area contributed by atoms with Gasteiger partial charge < -0.3 is 37.1 Å². The van der Waals surface area contributed by atoms with E-state index >= 15 is 0 Å². The number of nitrogens with zero attached hydrogens (tertiary/aromatic N) is 10. The first-order chi connectivity index (χ1) is 34.5. The second-order valence-electron chi connectivity index (χ2n) is 15.6. The highest BCUT2D eigenvalue weighted by atomic mass is 19.4. The van der Waals surface area contributed by atoms with Crippen LogP contribution in [0, 0.1) is 11.6 Å². The Morgan fingerprint density at radius 3 is 1.56 bits per heavy atom. The first-order valence-corrected chi connectivity index (χ1v) is 21.0. The van der Waals surface area contributed by atoms with Crippen LogP contribution < -0.4 is 32.0 Å². The van der Waals surface area contributed by atoms with Crippen molar-refractivity contribution in [3.63, 3.8) is 0 Å². The number of aryl methyl sites for hydroxylation is 2. The third kappa shape index (κ3) is 11.5. The number of nitrogens with one attached hydrogen (secondary N) is 1. The number of fused-ring (bicyclic) bond motifs is 4. The van der Waals surface area contributed by atoms with Gasteiger partial charge in [0.2, 0.25) is 11.9 Å². The van der Waals surface area contributed by atoms with Crippen molar-refractivity contribution < 1.29 is 59.3 Å². The number of carbonyl (C=O) groups excluding carboxylic acids is 1. The molecule has 0 aliphatic carbocycles. The van der Waals surface area contributed by atoms with E-state index in [2.05, 4.69) is 45.2 Å². The number of rotatable bonds is 9. The number of carbonyl (C=O) groups is 2. The molecular weight excluding hydrogens is 981 g/mol. The van der Waals surface area contributed by atoms with Crippen LogP contribution >= 0.6 is 0 Å². The van der Waals surface area contributed by atoms with Gasteiger partial charge in [-0.2, -0.15) is 20.2 Å². The molecule has 0 unspecified atom stereocenters. The van der Waals surface area contributed by atoms with Crippen LogP contribution in [0.5, 0.6) is 11.5 Å². The number of carboxylic acid groups (broad SMARTS) is 1. The van der Waals surface area contributed by atoms with Gasteiger partial charge in [0.1, 0.15) is 23.1 Å². The van der Waals surface area contributed by atoms with E-state index < -0.39 is 47.7 Å². The molecule has 27 heteroatoms. The average Bonchev–Trinajstić information content (AvgIpc) is 4.11. The van der Waals surface area contributed by atoms with Crippen LogP contribution in [0.15, 0.2) is 110 Å². The summed E-state index contributed by atoms with van der Waals surface area (Å²) in [6.45, 7) is -0.537. The Balaban J connectivity index is 0.000000163. The summed E-state index contributed by atoms with van der Waals surface area (Å²) in [6, 6.07) is 19.0. The average molecular weight is 1020 g/mol. The van der Waals surface area contributed by atoms with Crippen molar-refractivity contribution in [1.82, 2.24) is 54.1 Å². The predicted molar refractivity (Wildman–Crippen MR) is 246 cm³/mol. The Labute approximate surface area is 404 Å². The molecule has 73 heavy (non-hydrogen) atoms. The molecule has 0 saturated carbocycles. The zero-order valence-electron chi connectivity index (χ0n) is 37.6. The fourth-order valence-electron chi connectivity index (χ4n) is 7.43. The smallest absolute Gasteiger partial charge is 0.478 e. The number of aromatic nitrogens is 10. The maximum absolute atomic E-state index is 14.2. The Kier molecular flexibility index (Phi) is 13.5. The Hall–Kier alpha value is -9.40. The van der Waals surface area contributed by atoms with Crippen LogP contribution in [0.3, 0.4) is 0 Å². The topological polar surface area (TPSA) is 259 Å². The van der Waals surface area contributed by atoms with Crippen molar-refractivity contribution in [2.45, 2.75) is 25.8 Å². The second kappa shape index (κ2) is 19.8. The summed E-state index contributed by atoms with van der Waals surface area (Å²) in [5, 5.41) is 30.1. The van der Waals surface area contributed by atoms with Gasteiger partial charge in [0.05, 0.1) is 29.0 Å². The minimum atomic E-state index is -4.92. The van der Waals surface area contributed by atoms with Crippen molar-refractivity contribution in [1.29, 1.82) is 0 Å². The molecular formula is C46H36F8N14O5. The Bertz CT molecular complexity index is 3720. The van der Waals surface area contributed by atoms with E-state index in [1.165, 1.54) is 4.52 Å². The first kappa shape index (κ1) is 50.0. The number of amides is 1. The van der Waals surface area contributed by atoms with Crippen LogP contribution in [0.1, 0.15) is 31.8 Å². The highest BCUT2D eigenvalue weighted by molar-refractivity contribution is 6.04. The summed E-state index contributed by atoms with van der Waals surface area (Å²) in [6.07, 6.45) is -2.89. The van der Waals surface area contributed by atoms with Crippen molar-refractivity contribution >= 4 is 56.9 Å². The molecule has 0 fully saturated rings.